The van der Waals surface area contributed by atoms with Crippen LogP contribution in [0.4, 0.5) is 0 Å². The number of hydrogen-bond acceptors (Lipinski definition) is 9. The van der Waals surface area contributed by atoms with Crippen LogP contribution in [0.1, 0.15) is 36.4 Å². The molecule has 1 aliphatic heterocycles. The van der Waals surface area contributed by atoms with Crippen LogP contribution in [-0.4, -0.2) is 51.5 Å². The number of benzene rings is 3. The molecule has 41 heavy (non-hydrogen) atoms. The molecule has 1 saturated heterocycles. The summed E-state index contributed by atoms with van der Waals surface area (Å²) in [5.41, 5.74) is -0.514. The van der Waals surface area contributed by atoms with E-state index in [0.717, 1.165) is 17.8 Å². The molecule has 3 aromatic carbocycles. The number of aromatic amines is 1. The van der Waals surface area contributed by atoms with Crippen LogP contribution in [0.25, 0.3) is 0 Å². The zero-order chi connectivity index (χ0) is 28.8. The zero-order valence-corrected chi connectivity index (χ0v) is 22.3. The molecule has 0 bridgehead atoms. The maximum atomic E-state index is 13.2. The molecule has 1 N–H and O–H groups in total. The first-order valence-corrected chi connectivity index (χ1v) is 13.6. The summed E-state index contributed by atoms with van der Waals surface area (Å²) >= 11 is 1.12. The Morgan fingerprint density at radius 3 is 1.68 bits per heavy atom. The summed E-state index contributed by atoms with van der Waals surface area (Å²) in [5, 5.41) is -1.67. The molecule has 2 heterocycles. The quantitative estimate of drug-likeness (QED) is 0.249. The van der Waals surface area contributed by atoms with Crippen molar-refractivity contribution < 1.29 is 28.6 Å². The van der Waals surface area contributed by atoms with Crippen molar-refractivity contribution in [1.82, 2.24) is 9.55 Å². The topological polar surface area (TPSA) is 134 Å². The van der Waals surface area contributed by atoms with Crippen molar-refractivity contribution in [1.29, 1.82) is 0 Å². The van der Waals surface area contributed by atoms with Crippen LogP contribution < -0.4 is 11.2 Å². The van der Waals surface area contributed by atoms with E-state index in [1.54, 1.807) is 91.0 Å². The summed E-state index contributed by atoms with van der Waals surface area (Å²) in [5.74, 6) is -1.99. The largest absolute Gasteiger partial charge is 0.461 e. The van der Waals surface area contributed by atoms with Gasteiger partial charge >= 0.3 is 23.6 Å². The number of carbonyl (C=O) groups excluding carboxylic acids is 3. The lowest BCUT2D eigenvalue weighted by Gasteiger charge is -2.26. The monoisotopic (exact) mass is 572 g/mol. The minimum Gasteiger partial charge on any atom is -0.461 e. The van der Waals surface area contributed by atoms with Crippen LogP contribution in [0, 0.1) is 0 Å². The van der Waals surface area contributed by atoms with Gasteiger partial charge in [0.1, 0.15) is 12.0 Å². The third-order valence-electron chi connectivity index (χ3n) is 6.30. The SMILES string of the molecule is O=C(OC[C@H]1S[C@@H](n2ccc(=O)[nH]c2=O)[C@@H](OC(=O)c2ccccc2)C1OC(=O)c1ccccc1)c1ccccc1. The summed E-state index contributed by atoms with van der Waals surface area (Å²) in [7, 11) is 0. The zero-order valence-electron chi connectivity index (χ0n) is 21.5. The fourth-order valence-corrected chi connectivity index (χ4v) is 5.84. The van der Waals surface area contributed by atoms with Gasteiger partial charge in [0.2, 0.25) is 0 Å². The highest BCUT2D eigenvalue weighted by Gasteiger charge is 2.51. The number of hydrogen-bond donors (Lipinski definition) is 1. The Morgan fingerprint density at radius 1 is 0.683 bits per heavy atom. The van der Waals surface area contributed by atoms with Crippen LogP contribution >= 0.6 is 11.8 Å². The lowest BCUT2D eigenvalue weighted by molar-refractivity contribution is -0.0412. The van der Waals surface area contributed by atoms with Gasteiger partial charge in [0, 0.05) is 12.3 Å². The molecule has 4 atom stereocenters. The van der Waals surface area contributed by atoms with E-state index in [4.69, 9.17) is 14.2 Å². The van der Waals surface area contributed by atoms with Crippen molar-refractivity contribution in [3.63, 3.8) is 0 Å². The van der Waals surface area contributed by atoms with Crippen molar-refractivity contribution >= 4 is 29.7 Å². The Balaban J connectivity index is 1.50. The minimum absolute atomic E-state index is 0.223. The van der Waals surface area contributed by atoms with Gasteiger partial charge in [-0.25, -0.2) is 19.2 Å². The molecule has 5 rings (SSSR count). The summed E-state index contributed by atoms with van der Waals surface area (Å²) < 4.78 is 18.5. The molecular formula is C30H24N2O8S. The Labute approximate surface area is 237 Å². The van der Waals surface area contributed by atoms with Gasteiger partial charge in [0.15, 0.2) is 12.2 Å². The van der Waals surface area contributed by atoms with Crippen LogP contribution in [-0.2, 0) is 14.2 Å². The fraction of sp³-hybridized carbons (Fsp3) is 0.167. The van der Waals surface area contributed by atoms with Crippen molar-refractivity contribution in [3.8, 4) is 0 Å². The number of rotatable bonds is 8. The first-order chi connectivity index (χ1) is 19.9. The molecule has 0 amide bonds. The lowest BCUT2D eigenvalue weighted by atomic mass is 10.1. The van der Waals surface area contributed by atoms with Crippen LogP contribution in [0.3, 0.4) is 0 Å². The van der Waals surface area contributed by atoms with E-state index in [-0.39, 0.29) is 17.7 Å². The molecule has 1 fully saturated rings. The fourth-order valence-electron chi connectivity index (χ4n) is 4.31. The number of nitrogens with one attached hydrogen (secondary N) is 1. The van der Waals surface area contributed by atoms with Crippen molar-refractivity contribution in [2.75, 3.05) is 6.61 Å². The number of aromatic nitrogens is 2. The summed E-state index contributed by atoms with van der Waals surface area (Å²) in [6.45, 7) is -0.223. The van der Waals surface area contributed by atoms with E-state index < -0.39 is 52.0 Å². The second-order valence-corrected chi connectivity index (χ2v) is 10.4. The lowest BCUT2D eigenvalue weighted by Crippen LogP contribution is -2.43. The molecule has 208 valence electrons. The second-order valence-electron chi connectivity index (χ2n) is 9.02. The smallest absolute Gasteiger partial charge is 0.338 e. The molecule has 4 aromatic rings. The minimum atomic E-state index is -1.19. The third-order valence-corrected chi connectivity index (χ3v) is 7.83. The molecule has 1 aliphatic rings. The van der Waals surface area contributed by atoms with Gasteiger partial charge in [0.05, 0.1) is 21.9 Å². The van der Waals surface area contributed by atoms with Crippen LogP contribution in [0.5, 0.6) is 0 Å². The van der Waals surface area contributed by atoms with Gasteiger partial charge in [-0.15, -0.1) is 11.8 Å². The van der Waals surface area contributed by atoms with E-state index in [0.29, 0.717) is 5.56 Å². The molecule has 1 unspecified atom stereocenters. The van der Waals surface area contributed by atoms with Gasteiger partial charge < -0.3 is 14.2 Å². The van der Waals surface area contributed by atoms with Gasteiger partial charge in [-0.2, -0.15) is 0 Å². The first-order valence-electron chi connectivity index (χ1n) is 12.6. The average molecular weight is 573 g/mol. The van der Waals surface area contributed by atoms with Gasteiger partial charge in [-0.3, -0.25) is 14.3 Å². The predicted octanol–water partition coefficient (Wildman–Crippen LogP) is 3.46. The first kappa shape index (κ1) is 27.7. The molecule has 11 heteroatoms. The number of ether oxygens (including phenoxy) is 3. The summed E-state index contributed by atoms with van der Waals surface area (Å²) in [6, 6.07) is 26.0. The van der Waals surface area contributed by atoms with Gasteiger partial charge in [-0.1, -0.05) is 54.6 Å². The van der Waals surface area contributed by atoms with E-state index >= 15 is 0 Å². The molecule has 10 nitrogen and oxygen atoms in total. The highest BCUT2D eigenvalue weighted by molar-refractivity contribution is 8.00. The predicted molar refractivity (Wildman–Crippen MR) is 150 cm³/mol. The van der Waals surface area contributed by atoms with Crippen LogP contribution in [0.15, 0.2) is 113 Å². The van der Waals surface area contributed by atoms with Gasteiger partial charge in [-0.05, 0) is 36.4 Å². The van der Waals surface area contributed by atoms with Crippen molar-refractivity contribution in [2.24, 2.45) is 0 Å². The third kappa shape index (κ3) is 6.47. The van der Waals surface area contributed by atoms with Crippen LogP contribution in [0.2, 0.25) is 0 Å². The number of H-pyrrole nitrogens is 1. The highest BCUT2D eigenvalue weighted by Crippen LogP contribution is 2.45. The van der Waals surface area contributed by atoms with Crippen molar-refractivity contribution in [2.45, 2.75) is 22.8 Å². The van der Waals surface area contributed by atoms with E-state index in [2.05, 4.69) is 4.98 Å². The average Bonchev–Trinajstić information content (AvgIpc) is 3.33. The maximum Gasteiger partial charge on any atom is 0.338 e. The Kier molecular flexibility index (Phi) is 8.44. The summed E-state index contributed by atoms with van der Waals surface area (Å²) in [6.07, 6.45) is -1.05. The Hall–Kier alpha value is -4.90. The molecular weight excluding hydrogens is 548 g/mol. The molecule has 1 aromatic heterocycles. The molecule has 0 radical (unpaired) electrons. The number of esters is 3. The van der Waals surface area contributed by atoms with E-state index in [1.807, 2.05) is 0 Å². The number of thioether (sulfide) groups is 1. The maximum absolute atomic E-state index is 13.2. The normalized spacial score (nSPS) is 19.7. The molecule has 0 saturated carbocycles. The Bertz CT molecular complexity index is 1640. The van der Waals surface area contributed by atoms with Crippen molar-refractivity contribution in [3.05, 3.63) is 141 Å². The van der Waals surface area contributed by atoms with Gasteiger partial charge in [0.25, 0.3) is 5.56 Å². The second kappa shape index (κ2) is 12.5. The molecule has 0 spiro atoms. The van der Waals surface area contributed by atoms with E-state index in [9.17, 15) is 24.0 Å². The highest BCUT2D eigenvalue weighted by atomic mass is 32.2. The number of carbonyl (C=O) groups is 3. The molecule has 0 aliphatic carbocycles. The standard InChI is InChI=1S/C30H24N2O8S/c33-23-16-17-32(30(37)31-23)26-25(40-29(36)21-14-8-3-9-15-21)24(39-28(35)20-12-6-2-7-13-20)22(41-26)18-38-27(34)19-10-4-1-5-11-19/h1-17,22,24-26H,18H2,(H,31,33,37)/t22-,24?,25+,26-/m1/s1. The summed E-state index contributed by atoms with van der Waals surface area (Å²) in [4.78, 5) is 65.8. The number of nitrogens with zero attached hydrogens (tertiary/aromatic N) is 1. The van der Waals surface area contributed by atoms with E-state index in [1.165, 1.54) is 10.8 Å². The Morgan fingerprint density at radius 2 is 1.17 bits per heavy atom.